The summed E-state index contributed by atoms with van der Waals surface area (Å²) in [4.78, 5) is 12.4. The van der Waals surface area contributed by atoms with Crippen LogP contribution in [0.2, 0.25) is 10.0 Å². The second kappa shape index (κ2) is 6.71. The summed E-state index contributed by atoms with van der Waals surface area (Å²) in [6.45, 7) is 3.90. The number of rotatable bonds is 3. The van der Waals surface area contributed by atoms with Gasteiger partial charge in [-0.2, -0.15) is 0 Å². The topological polar surface area (TPSA) is 42.2 Å². The van der Waals surface area contributed by atoms with Crippen LogP contribution in [0, 0.1) is 13.8 Å². The van der Waals surface area contributed by atoms with Crippen molar-refractivity contribution in [2.24, 2.45) is 0 Å². The van der Waals surface area contributed by atoms with Crippen molar-refractivity contribution in [1.82, 2.24) is 0 Å². The second-order valence-corrected chi connectivity index (χ2v) is 6.33. The van der Waals surface area contributed by atoms with Gasteiger partial charge < -0.3 is 9.73 Å². The molecule has 24 heavy (non-hydrogen) atoms. The van der Waals surface area contributed by atoms with Crippen molar-refractivity contribution >= 4 is 34.8 Å². The summed E-state index contributed by atoms with van der Waals surface area (Å²) >= 11 is 11.9. The van der Waals surface area contributed by atoms with E-state index in [4.69, 9.17) is 27.6 Å². The van der Waals surface area contributed by atoms with Gasteiger partial charge in [-0.1, -0.05) is 41.4 Å². The highest BCUT2D eigenvalue weighted by Crippen LogP contribution is 2.30. The van der Waals surface area contributed by atoms with Gasteiger partial charge in [-0.25, -0.2) is 0 Å². The number of carbonyl (C=O) groups excluding carboxylic acids is 1. The van der Waals surface area contributed by atoms with Gasteiger partial charge in [0.25, 0.3) is 5.91 Å². The minimum Gasteiger partial charge on any atom is -0.451 e. The molecule has 1 heterocycles. The fraction of sp³-hybridized carbons (Fsp3) is 0.105. The van der Waals surface area contributed by atoms with Crippen LogP contribution in [0.15, 0.2) is 52.9 Å². The van der Waals surface area contributed by atoms with Gasteiger partial charge >= 0.3 is 0 Å². The molecule has 0 aliphatic rings. The van der Waals surface area contributed by atoms with Gasteiger partial charge in [-0.05, 0) is 55.3 Å². The summed E-state index contributed by atoms with van der Waals surface area (Å²) in [6.07, 6.45) is 0. The maximum Gasteiger partial charge on any atom is 0.291 e. The van der Waals surface area contributed by atoms with E-state index in [2.05, 4.69) is 5.32 Å². The molecule has 0 saturated heterocycles. The molecule has 0 unspecified atom stereocenters. The SMILES string of the molecule is Cc1cccc(C)c1NC(=O)c1ccc(-c2ccc(Cl)c(Cl)c2)o1. The van der Waals surface area contributed by atoms with Crippen molar-refractivity contribution in [2.45, 2.75) is 13.8 Å². The van der Waals surface area contributed by atoms with E-state index in [1.165, 1.54) is 0 Å². The van der Waals surface area contributed by atoms with Gasteiger partial charge in [0.05, 0.1) is 10.0 Å². The van der Waals surface area contributed by atoms with Gasteiger partial charge in [0.15, 0.2) is 5.76 Å². The number of amides is 1. The number of furan rings is 1. The first kappa shape index (κ1) is 16.6. The van der Waals surface area contributed by atoms with Crippen LogP contribution in [-0.4, -0.2) is 5.91 Å². The van der Waals surface area contributed by atoms with E-state index in [1.807, 2.05) is 32.0 Å². The lowest BCUT2D eigenvalue weighted by Gasteiger charge is -2.10. The van der Waals surface area contributed by atoms with Gasteiger partial charge in [0.2, 0.25) is 0 Å². The summed E-state index contributed by atoms with van der Waals surface area (Å²) in [5.41, 5.74) is 3.56. The number of carbonyl (C=O) groups is 1. The number of halogens is 2. The Hall–Kier alpha value is -2.23. The van der Waals surface area contributed by atoms with Gasteiger partial charge in [0, 0.05) is 11.3 Å². The van der Waals surface area contributed by atoms with Crippen LogP contribution in [0.5, 0.6) is 0 Å². The molecule has 2 aromatic carbocycles. The molecule has 0 atom stereocenters. The fourth-order valence-corrected chi connectivity index (χ4v) is 2.75. The standard InChI is InChI=1S/C19H15Cl2NO2/c1-11-4-3-5-12(2)18(11)22-19(23)17-9-8-16(24-17)13-6-7-14(20)15(21)10-13/h3-10H,1-2H3,(H,22,23). The van der Waals surface area contributed by atoms with Crippen LogP contribution < -0.4 is 5.32 Å². The monoisotopic (exact) mass is 359 g/mol. The van der Waals surface area contributed by atoms with Crippen molar-refractivity contribution in [1.29, 1.82) is 0 Å². The van der Waals surface area contributed by atoms with Crippen LogP contribution in [-0.2, 0) is 0 Å². The lowest BCUT2D eigenvalue weighted by Crippen LogP contribution is -2.12. The first-order valence-electron chi connectivity index (χ1n) is 7.38. The molecule has 0 spiro atoms. The van der Waals surface area contributed by atoms with E-state index in [-0.39, 0.29) is 11.7 Å². The molecule has 0 bridgehead atoms. The van der Waals surface area contributed by atoms with Crippen molar-refractivity contribution in [3.05, 3.63) is 75.5 Å². The zero-order valence-electron chi connectivity index (χ0n) is 13.2. The Kier molecular flexibility index (Phi) is 4.65. The Bertz CT molecular complexity index is 895. The van der Waals surface area contributed by atoms with Crippen molar-refractivity contribution < 1.29 is 9.21 Å². The highest BCUT2D eigenvalue weighted by molar-refractivity contribution is 6.42. The minimum absolute atomic E-state index is 0.235. The average molecular weight is 360 g/mol. The van der Waals surface area contributed by atoms with Crippen LogP contribution in [0.25, 0.3) is 11.3 Å². The maximum atomic E-state index is 12.4. The van der Waals surface area contributed by atoms with Gasteiger partial charge in [-0.3, -0.25) is 4.79 Å². The van der Waals surface area contributed by atoms with Crippen molar-refractivity contribution in [2.75, 3.05) is 5.32 Å². The highest BCUT2D eigenvalue weighted by atomic mass is 35.5. The van der Waals surface area contributed by atoms with E-state index in [9.17, 15) is 4.79 Å². The molecule has 0 aliphatic carbocycles. The average Bonchev–Trinajstić information content (AvgIpc) is 3.03. The number of nitrogens with one attached hydrogen (secondary N) is 1. The zero-order chi connectivity index (χ0) is 17.3. The predicted octanol–water partition coefficient (Wildman–Crippen LogP) is 6.12. The Morgan fingerprint density at radius 1 is 0.958 bits per heavy atom. The molecule has 1 aromatic heterocycles. The molecular formula is C19H15Cl2NO2. The number of anilines is 1. The summed E-state index contributed by atoms with van der Waals surface area (Å²) in [5, 5.41) is 3.81. The molecule has 3 nitrogen and oxygen atoms in total. The molecule has 0 saturated carbocycles. The van der Waals surface area contributed by atoms with Gasteiger partial charge in [-0.15, -0.1) is 0 Å². The molecule has 122 valence electrons. The quantitative estimate of drug-likeness (QED) is 0.611. The molecule has 0 fully saturated rings. The van der Waals surface area contributed by atoms with E-state index < -0.39 is 0 Å². The zero-order valence-corrected chi connectivity index (χ0v) is 14.7. The molecule has 3 rings (SSSR count). The summed E-state index contributed by atoms with van der Waals surface area (Å²) in [6, 6.07) is 14.4. The number of aryl methyl sites for hydroxylation is 2. The van der Waals surface area contributed by atoms with E-state index in [0.717, 1.165) is 22.4 Å². The predicted molar refractivity (Wildman–Crippen MR) is 98.0 cm³/mol. The van der Waals surface area contributed by atoms with E-state index in [0.29, 0.717) is 15.8 Å². The summed E-state index contributed by atoms with van der Waals surface area (Å²) < 4.78 is 5.66. The van der Waals surface area contributed by atoms with E-state index in [1.54, 1.807) is 30.3 Å². The van der Waals surface area contributed by atoms with E-state index >= 15 is 0 Å². The molecule has 5 heteroatoms. The first-order chi connectivity index (χ1) is 11.5. The molecule has 0 radical (unpaired) electrons. The number of para-hydroxylation sites is 1. The van der Waals surface area contributed by atoms with Crippen LogP contribution in [0.1, 0.15) is 21.7 Å². The molecular weight excluding hydrogens is 345 g/mol. The maximum absolute atomic E-state index is 12.4. The third kappa shape index (κ3) is 3.32. The smallest absolute Gasteiger partial charge is 0.291 e. The fourth-order valence-electron chi connectivity index (χ4n) is 2.45. The van der Waals surface area contributed by atoms with Crippen molar-refractivity contribution in [3.8, 4) is 11.3 Å². The Morgan fingerprint density at radius 3 is 2.33 bits per heavy atom. The number of hydrogen-bond donors (Lipinski definition) is 1. The first-order valence-corrected chi connectivity index (χ1v) is 8.14. The molecule has 1 amide bonds. The second-order valence-electron chi connectivity index (χ2n) is 5.51. The molecule has 1 N–H and O–H groups in total. The van der Waals surface area contributed by atoms with Crippen LogP contribution in [0.3, 0.4) is 0 Å². The largest absolute Gasteiger partial charge is 0.451 e. The van der Waals surface area contributed by atoms with Crippen LogP contribution in [0.4, 0.5) is 5.69 Å². The Morgan fingerprint density at radius 2 is 1.67 bits per heavy atom. The molecule has 0 aliphatic heterocycles. The number of hydrogen-bond acceptors (Lipinski definition) is 2. The van der Waals surface area contributed by atoms with Gasteiger partial charge in [0.1, 0.15) is 5.76 Å². The summed E-state index contributed by atoms with van der Waals surface area (Å²) in [7, 11) is 0. The number of benzene rings is 2. The molecule has 3 aromatic rings. The third-order valence-electron chi connectivity index (χ3n) is 3.75. The lowest BCUT2D eigenvalue weighted by molar-refractivity contribution is 0.0997. The lowest BCUT2D eigenvalue weighted by atomic mass is 10.1. The Balaban J connectivity index is 1.85. The normalized spacial score (nSPS) is 10.7. The minimum atomic E-state index is -0.293. The van der Waals surface area contributed by atoms with Crippen molar-refractivity contribution in [3.63, 3.8) is 0 Å². The van der Waals surface area contributed by atoms with Crippen LogP contribution >= 0.6 is 23.2 Å². The Labute approximate surface area is 150 Å². The third-order valence-corrected chi connectivity index (χ3v) is 4.49. The summed E-state index contributed by atoms with van der Waals surface area (Å²) in [5.74, 6) is 0.498. The highest BCUT2D eigenvalue weighted by Gasteiger charge is 2.15.